The number of β-amino-alcohol motifs (C(OH)–C–C–N with tert-alkyl or cyclic N) is 1. The molecule has 0 spiro atoms. The maximum absolute atomic E-state index is 13.1. The van der Waals surface area contributed by atoms with E-state index in [9.17, 15) is 24.6 Å². The summed E-state index contributed by atoms with van der Waals surface area (Å²) in [5, 5.41) is 22.0. The van der Waals surface area contributed by atoms with E-state index in [4.69, 9.17) is 4.74 Å². The minimum Gasteiger partial charge on any atom is -0.480 e. The zero-order chi connectivity index (χ0) is 24.4. The number of hydrogen-bond acceptors (Lipinski definition) is 5. The number of hydrogen-bond donors (Lipinski definition) is 3. The zero-order valence-corrected chi connectivity index (χ0v) is 19.3. The number of nitrogens with zero attached hydrogens (tertiary/aromatic N) is 1. The normalized spacial score (nSPS) is 20.1. The average Bonchev–Trinajstić information content (AvgIpc) is 3.36. The van der Waals surface area contributed by atoms with Gasteiger partial charge in [-0.1, -0.05) is 62.4 Å². The largest absolute Gasteiger partial charge is 0.480 e. The SMILES string of the molecule is CC(C)C(CNC(=O)OCC1c2ccccc2-c2ccccc21)C(=O)N1C[C@@H](O)C[C@H]1C(=O)O. The van der Waals surface area contributed by atoms with Gasteiger partial charge in [0, 0.05) is 25.4 Å². The van der Waals surface area contributed by atoms with Crippen LogP contribution in [0.25, 0.3) is 11.1 Å². The second-order valence-electron chi connectivity index (χ2n) is 9.29. The molecule has 8 nitrogen and oxygen atoms in total. The van der Waals surface area contributed by atoms with Crippen molar-refractivity contribution in [2.45, 2.75) is 38.3 Å². The van der Waals surface area contributed by atoms with Crippen LogP contribution < -0.4 is 5.32 Å². The van der Waals surface area contributed by atoms with Crippen LogP contribution in [0.2, 0.25) is 0 Å². The molecule has 3 N–H and O–H groups in total. The van der Waals surface area contributed by atoms with Gasteiger partial charge in [-0.25, -0.2) is 9.59 Å². The Hall–Kier alpha value is -3.39. The minimum absolute atomic E-state index is 0.00565. The Kier molecular flexibility index (Phi) is 6.88. The Morgan fingerprint density at radius 2 is 1.65 bits per heavy atom. The lowest BCUT2D eigenvalue weighted by atomic mass is 9.94. The first kappa shape index (κ1) is 23.8. The zero-order valence-electron chi connectivity index (χ0n) is 19.3. The van der Waals surface area contributed by atoms with Crippen LogP contribution in [0, 0.1) is 11.8 Å². The predicted octanol–water partition coefficient (Wildman–Crippen LogP) is 2.84. The van der Waals surface area contributed by atoms with Gasteiger partial charge in [0.05, 0.1) is 12.0 Å². The van der Waals surface area contributed by atoms with Crippen molar-refractivity contribution in [1.82, 2.24) is 10.2 Å². The number of rotatable bonds is 7. The van der Waals surface area contributed by atoms with E-state index >= 15 is 0 Å². The molecular weight excluding hydrogens is 436 g/mol. The molecule has 2 aromatic rings. The molecule has 0 saturated carbocycles. The number of carboxylic acid groups (broad SMARTS) is 1. The second kappa shape index (κ2) is 9.85. The van der Waals surface area contributed by atoms with Crippen molar-refractivity contribution in [1.29, 1.82) is 0 Å². The van der Waals surface area contributed by atoms with Crippen LogP contribution in [0.5, 0.6) is 0 Å². The number of carbonyl (C=O) groups excluding carboxylic acids is 2. The quantitative estimate of drug-likeness (QED) is 0.578. The number of aliphatic hydroxyl groups is 1. The molecule has 2 amide bonds. The second-order valence-corrected chi connectivity index (χ2v) is 9.29. The maximum atomic E-state index is 13.1. The summed E-state index contributed by atoms with van der Waals surface area (Å²) in [7, 11) is 0. The highest BCUT2D eigenvalue weighted by atomic mass is 16.5. The maximum Gasteiger partial charge on any atom is 0.407 e. The molecule has 1 unspecified atom stereocenters. The molecule has 0 aromatic heterocycles. The van der Waals surface area contributed by atoms with Crippen molar-refractivity contribution in [2.75, 3.05) is 19.7 Å². The van der Waals surface area contributed by atoms with Gasteiger partial charge >= 0.3 is 12.1 Å². The van der Waals surface area contributed by atoms with Gasteiger partial charge in [0.15, 0.2) is 0 Å². The van der Waals surface area contributed by atoms with Gasteiger partial charge in [-0.2, -0.15) is 0 Å². The number of benzene rings is 2. The first-order chi connectivity index (χ1) is 16.3. The number of aliphatic carboxylic acids is 1. The fraction of sp³-hybridized carbons (Fsp3) is 0.423. The van der Waals surface area contributed by atoms with Crippen LogP contribution in [0.4, 0.5) is 4.79 Å². The average molecular weight is 467 g/mol. The van der Waals surface area contributed by atoms with E-state index in [-0.39, 0.29) is 38.0 Å². The van der Waals surface area contributed by atoms with Crippen LogP contribution in [0.3, 0.4) is 0 Å². The number of aliphatic hydroxyl groups excluding tert-OH is 1. The summed E-state index contributed by atoms with van der Waals surface area (Å²) in [6, 6.07) is 15.1. The van der Waals surface area contributed by atoms with E-state index in [2.05, 4.69) is 17.4 Å². The van der Waals surface area contributed by atoms with Crippen molar-refractivity contribution >= 4 is 18.0 Å². The highest BCUT2D eigenvalue weighted by Crippen LogP contribution is 2.44. The number of ether oxygens (including phenoxy) is 1. The first-order valence-electron chi connectivity index (χ1n) is 11.6. The van der Waals surface area contributed by atoms with Gasteiger partial charge in [-0.05, 0) is 28.2 Å². The fourth-order valence-electron chi connectivity index (χ4n) is 4.96. The number of amides is 2. The van der Waals surface area contributed by atoms with Gasteiger partial charge in [0.1, 0.15) is 12.6 Å². The summed E-state index contributed by atoms with van der Waals surface area (Å²) in [5.74, 6) is -2.38. The summed E-state index contributed by atoms with van der Waals surface area (Å²) in [6.45, 7) is 3.84. The third-order valence-corrected chi connectivity index (χ3v) is 6.78. The van der Waals surface area contributed by atoms with Gasteiger partial charge in [-0.15, -0.1) is 0 Å². The fourth-order valence-corrected chi connectivity index (χ4v) is 4.96. The summed E-state index contributed by atoms with van der Waals surface area (Å²) >= 11 is 0. The smallest absolute Gasteiger partial charge is 0.407 e. The van der Waals surface area contributed by atoms with Gasteiger partial charge in [-0.3, -0.25) is 4.79 Å². The number of fused-ring (bicyclic) bond motifs is 3. The molecule has 0 radical (unpaired) electrons. The molecule has 34 heavy (non-hydrogen) atoms. The first-order valence-corrected chi connectivity index (χ1v) is 11.6. The van der Waals surface area contributed by atoms with Crippen LogP contribution in [-0.2, 0) is 14.3 Å². The van der Waals surface area contributed by atoms with Crippen LogP contribution in [0.15, 0.2) is 48.5 Å². The summed E-state index contributed by atoms with van der Waals surface area (Å²) in [5.41, 5.74) is 4.50. The van der Waals surface area contributed by atoms with Crippen LogP contribution in [-0.4, -0.2) is 64.9 Å². The lowest BCUT2D eigenvalue weighted by Crippen LogP contribution is -2.48. The number of nitrogens with one attached hydrogen (secondary N) is 1. The molecular formula is C26H30N2O6. The molecule has 4 rings (SSSR count). The summed E-state index contributed by atoms with van der Waals surface area (Å²) < 4.78 is 5.54. The number of carbonyl (C=O) groups is 3. The topological polar surface area (TPSA) is 116 Å². The molecule has 1 aliphatic heterocycles. The third kappa shape index (κ3) is 4.63. The van der Waals surface area contributed by atoms with E-state index in [0.29, 0.717) is 0 Å². The van der Waals surface area contributed by atoms with Gasteiger partial charge in [0.2, 0.25) is 5.91 Å². The van der Waals surface area contributed by atoms with Crippen molar-refractivity contribution in [3.05, 3.63) is 59.7 Å². The minimum atomic E-state index is -1.14. The molecule has 1 fully saturated rings. The van der Waals surface area contributed by atoms with Gasteiger partial charge < -0.3 is 25.2 Å². The molecule has 2 aliphatic rings. The lowest BCUT2D eigenvalue weighted by Gasteiger charge is -2.28. The highest BCUT2D eigenvalue weighted by molar-refractivity contribution is 5.86. The van der Waals surface area contributed by atoms with Crippen molar-refractivity contribution in [3.8, 4) is 11.1 Å². The summed E-state index contributed by atoms with van der Waals surface area (Å²) in [4.78, 5) is 38.3. The van der Waals surface area contributed by atoms with Crippen molar-refractivity contribution in [2.24, 2.45) is 11.8 Å². The molecule has 2 aromatic carbocycles. The molecule has 180 valence electrons. The van der Waals surface area contributed by atoms with Crippen LogP contribution in [0.1, 0.15) is 37.3 Å². The Morgan fingerprint density at radius 1 is 1.06 bits per heavy atom. The lowest BCUT2D eigenvalue weighted by molar-refractivity contribution is -0.150. The number of alkyl carbamates (subject to hydrolysis) is 1. The van der Waals surface area contributed by atoms with Crippen molar-refractivity contribution < 1.29 is 29.3 Å². The van der Waals surface area contributed by atoms with Crippen LogP contribution >= 0.6 is 0 Å². The third-order valence-electron chi connectivity index (χ3n) is 6.78. The van der Waals surface area contributed by atoms with Gasteiger partial charge in [0.25, 0.3) is 0 Å². The Morgan fingerprint density at radius 3 is 2.21 bits per heavy atom. The molecule has 8 heteroatoms. The Bertz CT molecular complexity index is 1040. The molecule has 1 saturated heterocycles. The van der Waals surface area contributed by atoms with E-state index in [1.54, 1.807) is 0 Å². The number of carboxylic acids is 1. The Balaban J connectivity index is 1.38. The highest BCUT2D eigenvalue weighted by Gasteiger charge is 2.41. The Labute approximate surface area is 198 Å². The van der Waals surface area contributed by atoms with E-state index in [1.807, 2.05) is 50.2 Å². The predicted molar refractivity (Wildman–Crippen MR) is 125 cm³/mol. The van der Waals surface area contributed by atoms with E-state index in [0.717, 1.165) is 22.3 Å². The number of likely N-dealkylation sites (tertiary alicyclic amines) is 1. The van der Waals surface area contributed by atoms with Crippen molar-refractivity contribution in [3.63, 3.8) is 0 Å². The molecule has 1 heterocycles. The monoisotopic (exact) mass is 466 g/mol. The van der Waals surface area contributed by atoms with E-state index < -0.39 is 36.0 Å². The molecule has 3 atom stereocenters. The molecule has 0 bridgehead atoms. The standard InChI is InChI=1S/C26H30N2O6/c1-15(2)21(24(30)28-13-16(29)11-23(28)25(31)32)12-27-26(33)34-14-22-19-9-5-3-7-17(19)18-8-4-6-10-20(18)22/h3-10,15-16,21-23,29H,11-14H2,1-2H3,(H,27,33)(H,31,32)/t16-,21?,23-/m0/s1. The van der Waals surface area contributed by atoms with E-state index in [1.165, 1.54) is 4.90 Å². The molecule has 1 aliphatic carbocycles. The summed E-state index contributed by atoms with van der Waals surface area (Å²) in [6.07, 6.45) is -1.49.